The minimum Gasteiger partial charge on any atom is -0.210 e. The molecule has 19 heavy (non-hydrogen) atoms. The summed E-state index contributed by atoms with van der Waals surface area (Å²) in [5.41, 5.74) is 0.121. The van der Waals surface area contributed by atoms with E-state index in [1.165, 1.54) is 12.1 Å². The average Bonchev–Trinajstić information content (AvgIpc) is 2.25. The number of hydrogen-bond acceptors (Lipinski definition) is 2. The van der Waals surface area contributed by atoms with Gasteiger partial charge in [-0.3, -0.25) is 0 Å². The van der Waals surface area contributed by atoms with Crippen LogP contribution >= 0.6 is 15.9 Å². The van der Waals surface area contributed by atoms with Crippen molar-refractivity contribution < 1.29 is 12.8 Å². The number of alkyl halides is 1. The Labute approximate surface area is 122 Å². The number of hydrogen-bond donors (Lipinski definition) is 1. The average molecular weight is 352 g/mol. The summed E-state index contributed by atoms with van der Waals surface area (Å²) in [7, 11) is -3.57. The summed E-state index contributed by atoms with van der Waals surface area (Å²) in [4.78, 5) is 0.132. The largest absolute Gasteiger partial charge is 0.240 e. The van der Waals surface area contributed by atoms with Gasteiger partial charge in [-0.2, -0.15) is 0 Å². The Morgan fingerprint density at radius 2 is 1.79 bits per heavy atom. The van der Waals surface area contributed by atoms with Crippen LogP contribution in [0.2, 0.25) is 0 Å². The van der Waals surface area contributed by atoms with Crippen LogP contribution in [-0.4, -0.2) is 19.8 Å². The van der Waals surface area contributed by atoms with Gasteiger partial charge in [0, 0.05) is 11.4 Å². The smallest absolute Gasteiger partial charge is 0.210 e. The lowest BCUT2D eigenvalue weighted by atomic mass is 9.91. The SMILES string of the molecule is CC(C)(C)CC(Br)CNS(=O)(=O)c1ccc(F)cc1. The van der Waals surface area contributed by atoms with E-state index in [1.807, 2.05) is 0 Å². The highest BCUT2D eigenvalue weighted by Crippen LogP contribution is 2.24. The third-order valence-electron chi connectivity index (χ3n) is 2.45. The molecule has 1 rings (SSSR count). The van der Waals surface area contributed by atoms with Gasteiger partial charge < -0.3 is 0 Å². The molecule has 0 aromatic heterocycles. The summed E-state index contributed by atoms with van der Waals surface area (Å²) >= 11 is 3.46. The molecule has 0 aliphatic heterocycles. The normalized spacial score (nSPS) is 14.4. The topological polar surface area (TPSA) is 46.2 Å². The van der Waals surface area contributed by atoms with E-state index >= 15 is 0 Å². The van der Waals surface area contributed by atoms with Gasteiger partial charge in [0.15, 0.2) is 0 Å². The molecule has 0 radical (unpaired) electrons. The zero-order valence-corrected chi connectivity index (χ0v) is 13.7. The van der Waals surface area contributed by atoms with Gasteiger partial charge in [-0.05, 0) is 36.1 Å². The molecule has 0 aliphatic rings. The maximum absolute atomic E-state index is 12.8. The Kier molecular flexibility index (Phi) is 5.53. The Morgan fingerprint density at radius 1 is 1.26 bits per heavy atom. The summed E-state index contributed by atoms with van der Waals surface area (Å²) in [6.07, 6.45) is 0.846. The molecule has 108 valence electrons. The molecule has 1 unspecified atom stereocenters. The molecule has 0 saturated heterocycles. The van der Waals surface area contributed by atoms with Gasteiger partial charge in [-0.15, -0.1) is 0 Å². The van der Waals surface area contributed by atoms with Crippen molar-refractivity contribution >= 4 is 26.0 Å². The second kappa shape index (κ2) is 6.33. The molecule has 0 heterocycles. The van der Waals surface area contributed by atoms with Gasteiger partial charge in [0.25, 0.3) is 0 Å². The molecule has 0 saturated carbocycles. The summed E-state index contributed by atoms with van der Waals surface area (Å²) in [6.45, 7) is 6.58. The maximum Gasteiger partial charge on any atom is 0.240 e. The molecule has 1 aromatic carbocycles. The van der Waals surface area contributed by atoms with Crippen LogP contribution in [-0.2, 0) is 10.0 Å². The fourth-order valence-electron chi connectivity index (χ4n) is 1.63. The van der Waals surface area contributed by atoms with Crippen molar-refractivity contribution in [1.82, 2.24) is 4.72 Å². The van der Waals surface area contributed by atoms with Gasteiger partial charge in [-0.1, -0.05) is 36.7 Å². The van der Waals surface area contributed by atoms with Gasteiger partial charge in [0.2, 0.25) is 10.0 Å². The minimum absolute atomic E-state index is 0.0581. The van der Waals surface area contributed by atoms with Gasteiger partial charge in [0.1, 0.15) is 5.82 Å². The molecule has 1 atom stereocenters. The van der Waals surface area contributed by atoms with Crippen LogP contribution < -0.4 is 4.72 Å². The highest BCUT2D eigenvalue weighted by molar-refractivity contribution is 9.09. The molecule has 1 N–H and O–H groups in total. The first-order valence-corrected chi connectivity index (χ1v) is 8.39. The Hall–Kier alpha value is -0.460. The standard InChI is InChI=1S/C13H19BrFNO2S/c1-13(2,3)8-10(14)9-16-19(17,18)12-6-4-11(15)5-7-12/h4-7,10,16H,8-9H2,1-3H3. The molecule has 6 heteroatoms. The number of benzene rings is 1. The summed E-state index contributed by atoms with van der Waals surface area (Å²) in [5.74, 6) is -0.454. The van der Waals surface area contributed by atoms with Crippen molar-refractivity contribution in [1.29, 1.82) is 0 Å². The number of halogens is 2. The third kappa shape index (κ3) is 6.01. The highest BCUT2D eigenvalue weighted by Gasteiger charge is 2.19. The first-order valence-electron chi connectivity index (χ1n) is 5.99. The molecule has 0 fully saturated rings. The van der Waals surface area contributed by atoms with Crippen molar-refractivity contribution in [3.63, 3.8) is 0 Å². The van der Waals surface area contributed by atoms with E-state index in [2.05, 4.69) is 41.4 Å². The predicted molar refractivity (Wildman–Crippen MR) is 78.4 cm³/mol. The zero-order valence-electron chi connectivity index (χ0n) is 11.3. The highest BCUT2D eigenvalue weighted by atomic mass is 79.9. The van der Waals surface area contributed by atoms with Crippen molar-refractivity contribution in [2.45, 2.75) is 36.9 Å². The van der Waals surface area contributed by atoms with Crippen molar-refractivity contribution in [2.75, 3.05) is 6.54 Å². The van der Waals surface area contributed by atoms with Crippen LogP contribution in [0.1, 0.15) is 27.2 Å². The van der Waals surface area contributed by atoms with E-state index < -0.39 is 15.8 Å². The van der Waals surface area contributed by atoms with Crippen LogP contribution in [0, 0.1) is 11.2 Å². The second-order valence-corrected chi connectivity index (χ2v) is 8.73. The molecule has 1 aromatic rings. The number of sulfonamides is 1. The Bertz CT molecular complexity index is 508. The zero-order chi connectivity index (χ0) is 14.7. The summed E-state index contributed by atoms with van der Waals surface area (Å²) in [6, 6.07) is 4.78. The Balaban J connectivity index is 2.63. The lowest BCUT2D eigenvalue weighted by molar-refractivity contribution is 0.373. The first-order chi connectivity index (χ1) is 8.60. The van der Waals surface area contributed by atoms with E-state index in [-0.39, 0.29) is 15.1 Å². The van der Waals surface area contributed by atoms with Crippen molar-refractivity contribution in [3.8, 4) is 0 Å². The maximum atomic E-state index is 12.8. The van der Waals surface area contributed by atoms with Crippen molar-refractivity contribution in [3.05, 3.63) is 30.1 Å². The molecule has 0 amide bonds. The van der Waals surface area contributed by atoms with Gasteiger partial charge in [-0.25, -0.2) is 17.5 Å². The molecular formula is C13H19BrFNO2S. The van der Waals surface area contributed by atoms with E-state index in [0.717, 1.165) is 18.6 Å². The van der Waals surface area contributed by atoms with Crippen molar-refractivity contribution in [2.24, 2.45) is 5.41 Å². The third-order valence-corrected chi connectivity index (χ3v) is 4.54. The fourth-order valence-corrected chi connectivity index (χ4v) is 4.06. The predicted octanol–water partition coefficient (Wildman–Crippen LogP) is 3.30. The van der Waals surface area contributed by atoms with Crippen LogP contribution in [0.15, 0.2) is 29.2 Å². The van der Waals surface area contributed by atoms with E-state index in [9.17, 15) is 12.8 Å². The van der Waals surface area contributed by atoms with Crippen LogP contribution in [0.5, 0.6) is 0 Å². The first kappa shape index (κ1) is 16.6. The summed E-state index contributed by atoms with van der Waals surface area (Å²) in [5, 5.41) is 0. The van der Waals surface area contributed by atoms with Gasteiger partial charge >= 0.3 is 0 Å². The van der Waals surface area contributed by atoms with Crippen LogP contribution in [0.3, 0.4) is 0 Å². The van der Waals surface area contributed by atoms with Gasteiger partial charge in [0.05, 0.1) is 4.90 Å². The number of rotatable bonds is 5. The monoisotopic (exact) mass is 351 g/mol. The van der Waals surface area contributed by atoms with Crippen LogP contribution in [0.4, 0.5) is 4.39 Å². The lowest BCUT2D eigenvalue weighted by Gasteiger charge is -2.22. The van der Waals surface area contributed by atoms with E-state index in [0.29, 0.717) is 6.54 Å². The van der Waals surface area contributed by atoms with E-state index in [4.69, 9.17) is 0 Å². The quantitative estimate of drug-likeness (QED) is 0.827. The number of nitrogens with one attached hydrogen (secondary N) is 1. The lowest BCUT2D eigenvalue weighted by Crippen LogP contribution is -2.31. The summed E-state index contributed by atoms with van der Waals surface area (Å²) < 4.78 is 39.2. The Morgan fingerprint density at radius 3 is 2.26 bits per heavy atom. The molecule has 3 nitrogen and oxygen atoms in total. The molecular weight excluding hydrogens is 333 g/mol. The molecule has 0 spiro atoms. The van der Waals surface area contributed by atoms with E-state index in [1.54, 1.807) is 0 Å². The fraction of sp³-hybridized carbons (Fsp3) is 0.538. The minimum atomic E-state index is -3.57. The molecule has 0 aliphatic carbocycles. The van der Waals surface area contributed by atoms with Crippen LogP contribution in [0.25, 0.3) is 0 Å². The molecule has 0 bridgehead atoms. The second-order valence-electron chi connectivity index (χ2n) is 5.67.